The van der Waals surface area contributed by atoms with E-state index in [1.807, 2.05) is 0 Å². The van der Waals surface area contributed by atoms with Gasteiger partial charge in [0, 0.05) is 27.8 Å². The van der Waals surface area contributed by atoms with Crippen molar-refractivity contribution in [2.75, 3.05) is 0 Å². The number of hydrogen-bond donors (Lipinski definition) is 0. The molecule has 0 fully saturated rings. The van der Waals surface area contributed by atoms with Gasteiger partial charge < -0.3 is 0 Å². The highest BCUT2D eigenvalue weighted by Crippen LogP contribution is 2.52. The first-order valence-corrected chi connectivity index (χ1v) is 17.2. The first-order chi connectivity index (χ1) is 30.0. The summed E-state index contributed by atoms with van der Waals surface area (Å²) in [5.41, 5.74) is -6.40. The van der Waals surface area contributed by atoms with E-state index in [0.29, 0.717) is 6.07 Å². The number of nitriles is 2. The monoisotopic (exact) mass is 866 g/mol. The van der Waals surface area contributed by atoms with Crippen molar-refractivity contribution >= 4 is 32.7 Å². The molecule has 7 aromatic rings. The van der Waals surface area contributed by atoms with E-state index >= 15 is 22.0 Å². The Labute approximate surface area is 341 Å². The lowest BCUT2D eigenvalue weighted by Crippen LogP contribution is -2.06. The van der Waals surface area contributed by atoms with E-state index in [4.69, 9.17) is 13.1 Å². The molecule has 0 bridgehead atoms. The molecule has 0 unspecified atom stereocenters. The molecular weight excluding hydrogens is 860 g/mol. The van der Waals surface area contributed by atoms with Crippen LogP contribution in [0.5, 0.6) is 0 Å². The molecule has 0 atom stereocenters. The predicted molar refractivity (Wildman–Crippen MR) is 195 cm³/mol. The summed E-state index contributed by atoms with van der Waals surface area (Å²) in [6.07, 6.45) is 0. The van der Waals surface area contributed by atoms with Gasteiger partial charge in [-0.05, 0) is 40.5 Å². The Kier molecular flexibility index (Phi) is 8.70. The molecule has 0 aliphatic heterocycles. The first kappa shape index (κ1) is 39.9. The molecule has 0 radical (unpaired) electrons. The van der Waals surface area contributed by atoms with Gasteiger partial charge in [-0.15, -0.1) is 0 Å². The molecule has 9 rings (SSSR count). The van der Waals surface area contributed by atoms with Gasteiger partial charge in [0.25, 0.3) is 11.4 Å². The minimum Gasteiger partial charge on any atom is -0.245 e. The smallest absolute Gasteiger partial charge is 0.245 e. The van der Waals surface area contributed by atoms with Crippen molar-refractivity contribution in [1.29, 1.82) is 10.5 Å². The Morgan fingerprint density at radius 1 is 0.413 bits per heavy atom. The van der Waals surface area contributed by atoms with E-state index in [2.05, 4.69) is 19.7 Å². The fourth-order valence-electron chi connectivity index (χ4n) is 7.81. The minimum absolute atomic E-state index is 0.0217. The van der Waals surface area contributed by atoms with Gasteiger partial charge in [0.1, 0.15) is 17.5 Å². The van der Waals surface area contributed by atoms with Crippen molar-refractivity contribution in [3.63, 3.8) is 0 Å². The van der Waals surface area contributed by atoms with Crippen LogP contribution in [-0.4, -0.2) is 9.97 Å². The van der Waals surface area contributed by atoms with E-state index in [1.54, 1.807) is 12.1 Å². The van der Waals surface area contributed by atoms with Crippen molar-refractivity contribution in [2.24, 2.45) is 0 Å². The second-order valence-corrected chi connectivity index (χ2v) is 13.6. The fraction of sp³-hybridized carbons (Fsp3) is 0. The first-order valence-electron chi connectivity index (χ1n) is 17.2. The number of benzene rings is 6. The quantitative estimate of drug-likeness (QED) is 0.0570. The van der Waals surface area contributed by atoms with E-state index in [1.165, 1.54) is 6.07 Å². The summed E-state index contributed by atoms with van der Waals surface area (Å²) in [6, 6.07) is 9.95. The van der Waals surface area contributed by atoms with Crippen LogP contribution in [0.25, 0.3) is 87.1 Å². The van der Waals surface area contributed by atoms with Crippen LogP contribution in [0.15, 0.2) is 53.9 Å². The summed E-state index contributed by atoms with van der Waals surface area (Å²) in [5.74, 6) is -29.0. The van der Waals surface area contributed by atoms with Crippen LogP contribution < -0.4 is 0 Å². The molecule has 63 heavy (non-hydrogen) atoms. The molecule has 0 spiro atoms. The van der Waals surface area contributed by atoms with E-state index in [-0.39, 0.29) is 61.7 Å². The lowest BCUT2D eigenvalue weighted by atomic mass is 9.94. The zero-order valence-corrected chi connectivity index (χ0v) is 30.1. The summed E-state index contributed by atoms with van der Waals surface area (Å²) in [5, 5.41) is 13.3. The molecule has 0 N–H and O–H groups in total. The van der Waals surface area contributed by atoms with Gasteiger partial charge in [0.05, 0.1) is 75.2 Å². The molecule has 6 nitrogen and oxygen atoms in total. The normalized spacial score (nSPS) is 13.8. The molecule has 6 aromatic carbocycles. The molecule has 0 amide bonds. The van der Waals surface area contributed by atoms with E-state index in [0.717, 1.165) is 30.3 Å². The third-order valence-electron chi connectivity index (χ3n) is 10.5. The molecule has 2 aliphatic carbocycles. The molecule has 1 aromatic heterocycles. The van der Waals surface area contributed by atoms with Crippen molar-refractivity contribution < 1.29 is 57.1 Å². The molecular formula is C44H7F13N6. The Balaban J connectivity index is 1.27. The number of allylic oxidation sites excluding steroid dienone is 2. The molecule has 19 heteroatoms. The summed E-state index contributed by atoms with van der Waals surface area (Å²) >= 11 is 0. The van der Waals surface area contributed by atoms with Crippen molar-refractivity contribution in [3.05, 3.63) is 175 Å². The average Bonchev–Trinajstić information content (AvgIpc) is 3.76. The highest BCUT2D eigenvalue weighted by Gasteiger charge is 2.38. The van der Waals surface area contributed by atoms with Crippen LogP contribution in [0.4, 0.5) is 57.1 Å². The lowest BCUT2D eigenvalue weighted by molar-refractivity contribution is 0.412. The average molecular weight is 867 g/mol. The van der Waals surface area contributed by atoms with E-state index < -0.39 is 125 Å². The van der Waals surface area contributed by atoms with Crippen molar-refractivity contribution in [2.45, 2.75) is 0 Å². The van der Waals surface area contributed by atoms with Crippen LogP contribution in [-0.2, 0) is 0 Å². The minimum atomic E-state index is -2.54. The topological polar surface area (TPSA) is 82.1 Å². The van der Waals surface area contributed by atoms with Gasteiger partial charge in [-0.1, -0.05) is 24.3 Å². The maximum atomic E-state index is 16.0. The SMILES string of the molecule is [C-]#[N+]/C(C#N)=C1/c2cc(-c3cc(F)c4c(F)c(F)c(F)c(F)c4c3F)ccc2-c2nc3c(nc21)-c1ccc(-c2c(F)c(F)c4c(F)c(F)c(F)c(F)c4c2F)cc1/C3=C(/C#N)[N+]#[C-]. The standard InChI is InChI=1S/C44H7F13N6/c1-60-20(10-58)23-17-7-12(16-9-19(45)25-26(29(16)46)34(51)38(55)37(54)32(25)49)3-5-14(17)41-43(23)63-42-15-6-4-13(8-18(15)24(44(42)62-41)21(11-59)61-2)22-30(47)27-28(33(50)31(22)48)36(53)40(57)39(56)35(27)52/h3-9H/b23-20-,24-21+. The van der Waals surface area contributed by atoms with Gasteiger partial charge >= 0.3 is 0 Å². The molecule has 1 heterocycles. The maximum absolute atomic E-state index is 16.0. The highest BCUT2D eigenvalue weighted by molar-refractivity contribution is 6.07. The van der Waals surface area contributed by atoms with Gasteiger partial charge in [0.2, 0.25) is 0 Å². The second-order valence-electron chi connectivity index (χ2n) is 13.6. The number of rotatable bonds is 2. The number of aromatic nitrogens is 2. The maximum Gasteiger partial charge on any atom is 0.271 e. The van der Waals surface area contributed by atoms with Gasteiger partial charge in [-0.2, -0.15) is 0 Å². The lowest BCUT2D eigenvalue weighted by Gasteiger charge is -2.14. The molecule has 0 saturated heterocycles. The van der Waals surface area contributed by atoms with Crippen LogP contribution >= 0.6 is 0 Å². The van der Waals surface area contributed by atoms with Crippen LogP contribution in [0, 0.1) is 111 Å². The van der Waals surface area contributed by atoms with Crippen LogP contribution in [0.2, 0.25) is 0 Å². The third-order valence-corrected chi connectivity index (χ3v) is 10.5. The summed E-state index contributed by atoms with van der Waals surface area (Å²) < 4.78 is 193. The number of fused-ring (bicyclic) bond motifs is 8. The summed E-state index contributed by atoms with van der Waals surface area (Å²) in [6.45, 7) is 15.4. The number of hydrogen-bond acceptors (Lipinski definition) is 4. The van der Waals surface area contributed by atoms with Crippen LogP contribution in [0.3, 0.4) is 0 Å². The Hall–Kier alpha value is -8.55. The van der Waals surface area contributed by atoms with Crippen LogP contribution in [0.1, 0.15) is 22.5 Å². The number of halogens is 13. The summed E-state index contributed by atoms with van der Waals surface area (Å²) in [4.78, 5) is 15.6. The fourth-order valence-corrected chi connectivity index (χ4v) is 7.81. The second kappa shape index (κ2) is 13.7. The largest absolute Gasteiger partial charge is 0.271 e. The van der Waals surface area contributed by atoms with Gasteiger partial charge in [0.15, 0.2) is 58.2 Å². The van der Waals surface area contributed by atoms with Gasteiger partial charge in [-0.25, -0.2) is 87.3 Å². The molecule has 2 aliphatic rings. The Bertz CT molecular complexity index is 3630. The zero-order valence-electron chi connectivity index (χ0n) is 30.1. The van der Waals surface area contributed by atoms with Crippen molar-refractivity contribution in [3.8, 4) is 56.9 Å². The predicted octanol–water partition coefficient (Wildman–Crippen LogP) is 12.3. The third kappa shape index (κ3) is 5.17. The Morgan fingerprint density at radius 2 is 0.810 bits per heavy atom. The Morgan fingerprint density at radius 3 is 1.27 bits per heavy atom. The molecule has 304 valence electrons. The zero-order chi connectivity index (χ0) is 45.2. The van der Waals surface area contributed by atoms with E-state index in [9.17, 15) is 45.6 Å². The van der Waals surface area contributed by atoms with Gasteiger partial charge in [-0.3, -0.25) is 0 Å². The number of nitrogens with zero attached hydrogens (tertiary/aromatic N) is 6. The molecule has 0 saturated carbocycles. The van der Waals surface area contributed by atoms with Crippen molar-refractivity contribution in [1.82, 2.24) is 9.97 Å². The summed E-state index contributed by atoms with van der Waals surface area (Å²) in [7, 11) is 0. The highest BCUT2D eigenvalue weighted by atomic mass is 19.2.